The van der Waals surface area contributed by atoms with Crippen LogP contribution in [0.4, 0.5) is 4.39 Å². The molecule has 0 bridgehead atoms. The van der Waals surface area contributed by atoms with Crippen molar-refractivity contribution in [3.63, 3.8) is 0 Å². The topological polar surface area (TPSA) is 250 Å². The molecule has 0 radical (unpaired) electrons. The van der Waals surface area contributed by atoms with Gasteiger partial charge in [-0.05, 0) is 0 Å². The fourth-order valence-corrected chi connectivity index (χ4v) is 5.57. The lowest BCUT2D eigenvalue weighted by Gasteiger charge is -2.28. The molecule has 1 fully saturated rings. The van der Waals surface area contributed by atoms with E-state index in [0.717, 1.165) is 12.3 Å². The number of halogens is 1. The number of alkyl halides is 1. The fraction of sp³-hybridized carbons (Fsp3) is 0.600. The van der Waals surface area contributed by atoms with Crippen LogP contribution in [0, 0.1) is 0 Å². The normalized spacial score (nSPS) is 28.7. The Morgan fingerprint density at radius 1 is 1.23 bits per heavy atom. The van der Waals surface area contributed by atoms with E-state index in [4.69, 9.17) is 25.2 Å². The quantitative estimate of drug-likeness (QED) is 0.219. The predicted octanol–water partition coefficient (Wildman–Crippen LogP) is -1.17. The Morgan fingerprint density at radius 2 is 1.87 bits per heavy atom. The van der Waals surface area contributed by atoms with Crippen molar-refractivity contribution in [2.75, 3.05) is 13.2 Å². The molecule has 1 aliphatic heterocycles. The summed E-state index contributed by atoms with van der Waals surface area (Å²) < 4.78 is 65.8. The number of ether oxygens (including phenoxy) is 1. The zero-order chi connectivity index (χ0) is 23.0. The second-order valence-corrected chi connectivity index (χ2v) is 10.4. The average Bonchev–Trinajstić information content (AvgIpc) is 2.87. The van der Waals surface area contributed by atoms with Gasteiger partial charge in [0.15, 0.2) is 6.23 Å². The maximum Gasteiger partial charge on any atom is 0.490 e. The van der Waals surface area contributed by atoms with Crippen LogP contribution in [-0.2, 0) is 31.6 Å². The maximum absolute atomic E-state index is 14.5. The monoisotopic (exact) mass is 499 g/mol. The third-order valence-corrected chi connectivity index (χ3v) is 7.43. The zero-order valence-electron chi connectivity index (χ0n) is 14.6. The number of hydrogen-bond acceptors (Lipinski definition) is 10. The average molecular weight is 499 g/mol. The van der Waals surface area contributed by atoms with E-state index in [-0.39, 0.29) is 0 Å². The van der Waals surface area contributed by atoms with Crippen LogP contribution >= 0.6 is 23.5 Å². The third kappa shape index (κ3) is 6.72. The number of aromatic amines is 1. The van der Waals surface area contributed by atoms with Crippen LogP contribution in [0.3, 0.4) is 0 Å². The third-order valence-electron chi connectivity index (χ3n) is 3.65. The van der Waals surface area contributed by atoms with Crippen molar-refractivity contribution in [1.82, 2.24) is 9.55 Å². The van der Waals surface area contributed by atoms with E-state index in [0.29, 0.717) is 4.57 Å². The van der Waals surface area contributed by atoms with Crippen LogP contribution in [0.15, 0.2) is 21.9 Å². The first kappa shape index (κ1) is 25.2. The molecule has 5 atom stereocenters. The minimum atomic E-state index is -5.74. The summed E-state index contributed by atoms with van der Waals surface area (Å²) in [4.78, 5) is 60.4. The summed E-state index contributed by atoms with van der Waals surface area (Å²) in [5.41, 5.74) is 1.95. The molecular weight excluding hydrogens is 482 g/mol. The first-order chi connectivity index (χ1) is 13.6. The lowest BCUT2D eigenvalue weighted by Crippen LogP contribution is -2.42. The Bertz CT molecular complexity index is 1040. The van der Waals surface area contributed by atoms with Crippen LogP contribution in [0.25, 0.3) is 0 Å². The summed E-state index contributed by atoms with van der Waals surface area (Å²) in [6, 6.07) is 0.923. The van der Waals surface area contributed by atoms with Gasteiger partial charge in [-0.15, -0.1) is 0 Å². The molecule has 0 spiro atoms. The van der Waals surface area contributed by atoms with Gasteiger partial charge in [0.25, 0.3) is 5.56 Å². The smallest absolute Gasteiger partial charge is 0.344 e. The van der Waals surface area contributed by atoms with Crippen molar-refractivity contribution >= 4 is 23.5 Å². The van der Waals surface area contributed by atoms with Crippen molar-refractivity contribution in [2.24, 2.45) is 5.73 Å². The molecule has 2 heterocycles. The van der Waals surface area contributed by atoms with Crippen LogP contribution in [0.1, 0.15) is 12.6 Å². The first-order valence-corrected chi connectivity index (χ1v) is 12.2. The molecular formula is C10H17FN3O13P3. The molecule has 2 rings (SSSR count). The van der Waals surface area contributed by atoms with E-state index in [2.05, 4.69) is 13.1 Å². The second-order valence-electron chi connectivity index (χ2n) is 6.00. The molecule has 5 unspecified atom stereocenters. The molecule has 0 aliphatic carbocycles. The molecule has 20 heteroatoms. The van der Waals surface area contributed by atoms with Gasteiger partial charge in [-0.1, -0.05) is 0 Å². The molecule has 16 nitrogen and oxygen atoms in total. The van der Waals surface area contributed by atoms with Crippen LogP contribution in [0.5, 0.6) is 0 Å². The number of nitrogens with zero attached hydrogens (tertiary/aromatic N) is 1. The van der Waals surface area contributed by atoms with E-state index >= 15 is 0 Å². The molecule has 1 aromatic rings. The Balaban J connectivity index is 2.13. The molecule has 1 saturated heterocycles. The van der Waals surface area contributed by atoms with Gasteiger partial charge in [-0.25, -0.2) is 22.9 Å². The number of nitrogens with two attached hydrogens (primary N) is 1. The highest BCUT2D eigenvalue weighted by Crippen LogP contribution is 2.66. The number of phosphoric acid groups is 3. The molecule has 172 valence electrons. The number of aromatic nitrogens is 2. The first-order valence-electron chi connectivity index (χ1n) is 7.69. The minimum Gasteiger partial charge on any atom is -0.344 e. The number of phosphoric ester groups is 1. The largest absolute Gasteiger partial charge is 0.490 e. The van der Waals surface area contributed by atoms with Gasteiger partial charge in [-0.2, -0.15) is 8.62 Å². The Hall–Kier alpha value is -1.06. The number of rotatable bonds is 9. The lowest BCUT2D eigenvalue weighted by atomic mass is 10.0. The SMILES string of the molecule is NCC1(COP(=O)(O)OP(=O)(O)OP(=O)(O)O)CC(F)C(n2ccc(=O)[nH]c2=O)O1. The molecule has 0 saturated carbocycles. The van der Waals surface area contributed by atoms with Crippen molar-refractivity contribution in [2.45, 2.75) is 24.4 Å². The summed E-state index contributed by atoms with van der Waals surface area (Å²) in [5, 5.41) is 0. The summed E-state index contributed by atoms with van der Waals surface area (Å²) in [7, 11) is -16.8. The van der Waals surface area contributed by atoms with Crippen molar-refractivity contribution in [1.29, 1.82) is 0 Å². The standard InChI is InChI=1S/C10H17FN3O13P3/c11-6-3-10(4-12,25-8(6)14-2-1-7(15)13-9(14)16)5-24-29(20,21)27-30(22,23)26-28(17,18)19/h1-2,6,8H,3-5,12H2,(H,20,21)(H,22,23)(H,13,15,16)(H2,17,18,19). The van der Waals surface area contributed by atoms with Crippen LogP contribution in [-0.4, -0.2) is 54.0 Å². The van der Waals surface area contributed by atoms with E-state index in [9.17, 15) is 32.6 Å². The van der Waals surface area contributed by atoms with Gasteiger partial charge in [0.1, 0.15) is 11.8 Å². The van der Waals surface area contributed by atoms with Crippen LogP contribution < -0.4 is 17.0 Å². The van der Waals surface area contributed by atoms with Crippen molar-refractivity contribution < 1.29 is 55.5 Å². The summed E-state index contributed by atoms with van der Waals surface area (Å²) in [6.45, 7) is -1.51. The Morgan fingerprint density at radius 3 is 2.40 bits per heavy atom. The number of nitrogens with one attached hydrogen (secondary N) is 1. The lowest BCUT2D eigenvalue weighted by molar-refractivity contribution is -0.0984. The zero-order valence-corrected chi connectivity index (χ0v) is 17.3. The Labute approximate surface area is 165 Å². The summed E-state index contributed by atoms with van der Waals surface area (Å²) >= 11 is 0. The fourth-order valence-electron chi connectivity index (χ4n) is 2.48. The summed E-state index contributed by atoms with van der Waals surface area (Å²) in [5.74, 6) is 0. The predicted molar refractivity (Wildman–Crippen MR) is 92.6 cm³/mol. The molecule has 0 amide bonds. The van der Waals surface area contributed by atoms with Gasteiger partial charge in [0.05, 0.1) is 6.61 Å². The highest BCUT2D eigenvalue weighted by atomic mass is 31.3. The van der Waals surface area contributed by atoms with Gasteiger partial charge < -0.3 is 30.0 Å². The molecule has 30 heavy (non-hydrogen) atoms. The number of H-pyrrole nitrogens is 1. The van der Waals surface area contributed by atoms with E-state index < -0.39 is 72.3 Å². The van der Waals surface area contributed by atoms with Gasteiger partial charge in [0, 0.05) is 25.2 Å². The van der Waals surface area contributed by atoms with Crippen molar-refractivity contribution in [3.8, 4) is 0 Å². The van der Waals surface area contributed by atoms with Gasteiger partial charge in [-0.3, -0.25) is 18.9 Å². The van der Waals surface area contributed by atoms with Crippen LogP contribution in [0.2, 0.25) is 0 Å². The van der Waals surface area contributed by atoms with E-state index in [1.54, 1.807) is 0 Å². The highest BCUT2D eigenvalue weighted by Gasteiger charge is 2.50. The maximum atomic E-state index is 14.5. The van der Waals surface area contributed by atoms with Crippen molar-refractivity contribution in [3.05, 3.63) is 33.1 Å². The molecule has 0 aromatic carbocycles. The summed E-state index contributed by atoms with van der Waals surface area (Å²) in [6.07, 6.45) is -3.09. The van der Waals surface area contributed by atoms with E-state index in [1.807, 2.05) is 4.98 Å². The Kier molecular flexibility index (Phi) is 7.41. The second kappa shape index (κ2) is 8.82. The molecule has 1 aliphatic rings. The molecule has 1 aromatic heterocycles. The number of hydrogen-bond donors (Lipinski definition) is 6. The minimum absolute atomic E-state index is 0.516. The highest BCUT2D eigenvalue weighted by molar-refractivity contribution is 7.66. The molecule has 7 N–H and O–H groups in total. The van der Waals surface area contributed by atoms with E-state index in [1.165, 1.54) is 0 Å². The van der Waals surface area contributed by atoms with Gasteiger partial charge >= 0.3 is 29.2 Å². The van der Waals surface area contributed by atoms with Gasteiger partial charge in [0.2, 0.25) is 0 Å².